The van der Waals surface area contributed by atoms with Crippen LogP contribution in [0.5, 0.6) is 0 Å². The van der Waals surface area contributed by atoms with Crippen molar-refractivity contribution in [1.29, 1.82) is 0 Å². The van der Waals surface area contributed by atoms with Gasteiger partial charge in [-0.15, -0.1) is 0 Å². The maximum Gasteiger partial charge on any atom is 0.407 e. The van der Waals surface area contributed by atoms with Crippen molar-refractivity contribution in [2.75, 3.05) is 13.1 Å². The predicted octanol–water partition coefficient (Wildman–Crippen LogP) is 3.99. The van der Waals surface area contributed by atoms with E-state index in [-0.39, 0.29) is 0 Å². The molecule has 116 valence electrons. The van der Waals surface area contributed by atoms with E-state index < -0.39 is 6.09 Å². The molecule has 0 atom stereocenters. The van der Waals surface area contributed by atoms with Crippen LogP contribution in [-0.4, -0.2) is 35.5 Å². The Morgan fingerprint density at radius 1 is 1.19 bits per heavy atom. The minimum absolute atomic E-state index is 0.478. The lowest BCUT2D eigenvalue weighted by molar-refractivity contribution is 0.112. The third-order valence-electron chi connectivity index (χ3n) is 3.56. The average molecular weight is 291 g/mol. The Kier molecular flexibility index (Phi) is 8.17. The highest BCUT2D eigenvalue weighted by Crippen LogP contribution is 2.08. The molecule has 0 saturated carbocycles. The van der Waals surface area contributed by atoms with Gasteiger partial charge in [0.1, 0.15) is 6.29 Å². The van der Waals surface area contributed by atoms with E-state index in [4.69, 9.17) is 0 Å². The van der Waals surface area contributed by atoms with Crippen LogP contribution in [0.15, 0.2) is 24.3 Å². The molecule has 0 fully saturated rings. The minimum Gasteiger partial charge on any atom is -0.465 e. The van der Waals surface area contributed by atoms with Gasteiger partial charge in [-0.2, -0.15) is 0 Å². The van der Waals surface area contributed by atoms with Crippen molar-refractivity contribution in [3.63, 3.8) is 0 Å². The fourth-order valence-electron chi connectivity index (χ4n) is 2.30. The number of unbranched alkanes of at least 4 members (excludes halogenated alkanes) is 4. The highest BCUT2D eigenvalue weighted by atomic mass is 16.4. The average Bonchev–Trinajstić information content (AvgIpc) is 2.49. The molecule has 1 amide bonds. The van der Waals surface area contributed by atoms with E-state index in [1.807, 2.05) is 18.2 Å². The van der Waals surface area contributed by atoms with Gasteiger partial charge >= 0.3 is 6.09 Å². The van der Waals surface area contributed by atoms with E-state index in [1.165, 1.54) is 24.2 Å². The van der Waals surface area contributed by atoms with Gasteiger partial charge in [-0.05, 0) is 24.5 Å². The van der Waals surface area contributed by atoms with E-state index in [0.29, 0.717) is 25.1 Å². The summed E-state index contributed by atoms with van der Waals surface area (Å²) < 4.78 is 0. The number of carbonyl (C=O) groups excluding carboxylic acids is 1. The number of amides is 1. The molecular weight excluding hydrogens is 266 g/mol. The molecule has 0 aliphatic carbocycles. The first-order chi connectivity index (χ1) is 10.2. The second-order valence-corrected chi connectivity index (χ2v) is 5.30. The first kappa shape index (κ1) is 17.2. The number of carbonyl (C=O) groups is 2. The van der Waals surface area contributed by atoms with E-state index in [1.54, 1.807) is 6.07 Å². The van der Waals surface area contributed by atoms with Gasteiger partial charge in [0.2, 0.25) is 0 Å². The Morgan fingerprint density at radius 3 is 2.62 bits per heavy atom. The molecule has 0 aliphatic heterocycles. The zero-order valence-electron chi connectivity index (χ0n) is 12.8. The van der Waals surface area contributed by atoms with Gasteiger partial charge in [0.15, 0.2) is 0 Å². The number of hydrogen-bond donors (Lipinski definition) is 1. The second-order valence-electron chi connectivity index (χ2n) is 5.30. The van der Waals surface area contributed by atoms with E-state index >= 15 is 0 Å². The topological polar surface area (TPSA) is 57.6 Å². The number of hydrogen-bond acceptors (Lipinski definition) is 2. The standard InChI is InChI=1S/C17H25NO3/c1-2-3-4-5-6-11-18(17(20)21)12-10-15-8-7-9-16(13-15)14-19/h7-9,13-14H,2-6,10-12H2,1H3,(H,20,21). The molecule has 21 heavy (non-hydrogen) atoms. The first-order valence-corrected chi connectivity index (χ1v) is 7.69. The molecule has 0 unspecified atom stereocenters. The van der Waals surface area contributed by atoms with Crippen molar-refractivity contribution in [2.45, 2.75) is 45.4 Å². The fraction of sp³-hybridized carbons (Fsp3) is 0.529. The van der Waals surface area contributed by atoms with Gasteiger partial charge in [-0.1, -0.05) is 50.8 Å². The summed E-state index contributed by atoms with van der Waals surface area (Å²) in [5.41, 5.74) is 1.63. The summed E-state index contributed by atoms with van der Waals surface area (Å²) in [5, 5.41) is 9.22. The Hall–Kier alpha value is -1.84. The Labute approximate surface area is 126 Å². The molecule has 0 heterocycles. The number of nitrogens with zero attached hydrogens (tertiary/aromatic N) is 1. The fourth-order valence-corrected chi connectivity index (χ4v) is 2.30. The van der Waals surface area contributed by atoms with Gasteiger partial charge in [0, 0.05) is 18.7 Å². The maximum absolute atomic E-state index is 11.2. The lowest BCUT2D eigenvalue weighted by atomic mass is 10.1. The Morgan fingerprint density at radius 2 is 1.95 bits per heavy atom. The van der Waals surface area contributed by atoms with Crippen molar-refractivity contribution in [2.24, 2.45) is 0 Å². The van der Waals surface area contributed by atoms with Crippen LogP contribution in [0.1, 0.15) is 54.9 Å². The maximum atomic E-state index is 11.2. The molecule has 0 bridgehead atoms. The summed E-state index contributed by atoms with van der Waals surface area (Å²) in [6.07, 6.45) is 6.16. The predicted molar refractivity (Wildman–Crippen MR) is 83.9 cm³/mol. The second kappa shape index (κ2) is 9.97. The van der Waals surface area contributed by atoms with Crippen molar-refractivity contribution in [1.82, 2.24) is 4.90 Å². The smallest absolute Gasteiger partial charge is 0.407 e. The molecule has 4 heteroatoms. The summed E-state index contributed by atoms with van der Waals surface area (Å²) in [7, 11) is 0. The summed E-state index contributed by atoms with van der Waals surface area (Å²) >= 11 is 0. The Balaban J connectivity index is 2.39. The van der Waals surface area contributed by atoms with Crippen LogP contribution in [0.3, 0.4) is 0 Å². The van der Waals surface area contributed by atoms with Crippen LogP contribution in [0.25, 0.3) is 0 Å². The highest BCUT2D eigenvalue weighted by Gasteiger charge is 2.11. The number of aldehydes is 1. The molecule has 1 aromatic carbocycles. The van der Waals surface area contributed by atoms with Crippen LogP contribution in [0, 0.1) is 0 Å². The van der Waals surface area contributed by atoms with Gasteiger partial charge in [0.05, 0.1) is 0 Å². The summed E-state index contributed by atoms with van der Waals surface area (Å²) in [5.74, 6) is 0. The quantitative estimate of drug-likeness (QED) is 0.524. The molecule has 0 radical (unpaired) electrons. The minimum atomic E-state index is -0.864. The molecular formula is C17H25NO3. The Bertz CT molecular complexity index is 445. The SMILES string of the molecule is CCCCCCCN(CCc1cccc(C=O)c1)C(=O)O. The number of rotatable bonds is 10. The van der Waals surface area contributed by atoms with E-state index in [2.05, 4.69) is 6.92 Å². The van der Waals surface area contributed by atoms with Crippen molar-refractivity contribution >= 4 is 12.4 Å². The first-order valence-electron chi connectivity index (χ1n) is 7.69. The van der Waals surface area contributed by atoms with Crippen LogP contribution >= 0.6 is 0 Å². The number of benzene rings is 1. The molecule has 1 N–H and O–H groups in total. The summed E-state index contributed by atoms with van der Waals surface area (Å²) in [6, 6.07) is 7.32. The van der Waals surface area contributed by atoms with Crippen LogP contribution in [-0.2, 0) is 6.42 Å². The molecule has 0 aromatic heterocycles. The van der Waals surface area contributed by atoms with Crippen LogP contribution in [0.2, 0.25) is 0 Å². The molecule has 0 aliphatic rings. The highest BCUT2D eigenvalue weighted by molar-refractivity contribution is 5.74. The molecule has 0 spiro atoms. The molecule has 1 rings (SSSR count). The van der Waals surface area contributed by atoms with Crippen molar-refractivity contribution in [3.8, 4) is 0 Å². The van der Waals surface area contributed by atoms with Gasteiger partial charge < -0.3 is 10.0 Å². The van der Waals surface area contributed by atoms with Crippen LogP contribution < -0.4 is 0 Å². The largest absolute Gasteiger partial charge is 0.465 e. The van der Waals surface area contributed by atoms with Crippen LogP contribution in [0.4, 0.5) is 4.79 Å². The van der Waals surface area contributed by atoms with Gasteiger partial charge in [-0.25, -0.2) is 4.79 Å². The molecule has 1 aromatic rings. The van der Waals surface area contributed by atoms with Gasteiger partial charge in [-0.3, -0.25) is 4.79 Å². The normalized spacial score (nSPS) is 10.3. The van der Waals surface area contributed by atoms with Gasteiger partial charge in [0.25, 0.3) is 0 Å². The molecule has 0 saturated heterocycles. The summed E-state index contributed by atoms with van der Waals surface area (Å²) in [6.45, 7) is 3.23. The van der Waals surface area contributed by atoms with Crippen molar-refractivity contribution < 1.29 is 14.7 Å². The zero-order chi connectivity index (χ0) is 15.5. The third kappa shape index (κ3) is 6.93. The van der Waals surface area contributed by atoms with Crippen molar-refractivity contribution in [3.05, 3.63) is 35.4 Å². The molecule has 4 nitrogen and oxygen atoms in total. The lowest BCUT2D eigenvalue weighted by Gasteiger charge is -2.19. The monoisotopic (exact) mass is 291 g/mol. The third-order valence-corrected chi connectivity index (χ3v) is 3.56. The lowest BCUT2D eigenvalue weighted by Crippen LogP contribution is -2.32. The van der Waals surface area contributed by atoms with E-state index in [9.17, 15) is 14.7 Å². The number of carboxylic acid groups (broad SMARTS) is 1. The zero-order valence-corrected chi connectivity index (χ0v) is 12.8. The van der Waals surface area contributed by atoms with E-state index in [0.717, 1.165) is 24.7 Å². The summed E-state index contributed by atoms with van der Waals surface area (Å²) in [4.78, 5) is 23.4.